The highest BCUT2D eigenvalue weighted by Gasteiger charge is 2.23. The Morgan fingerprint density at radius 1 is 1.24 bits per heavy atom. The number of halogens is 1. The summed E-state index contributed by atoms with van der Waals surface area (Å²) >= 11 is 5.84. The second kappa shape index (κ2) is 6.39. The van der Waals surface area contributed by atoms with Crippen LogP contribution in [0.3, 0.4) is 0 Å². The molecule has 17 heavy (non-hydrogen) atoms. The molecule has 0 saturated carbocycles. The molecule has 0 aliphatic carbocycles. The monoisotopic (exact) mass is 255 g/mol. The van der Waals surface area contributed by atoms with Crippen LogP contribution in [0.4, 0.5) is 0 Å². The number of rotatable bonds is 5. The van der Waals surface area contributed by atoms with Gasteiger partial charge in [0.1, 0.15) is 0 Å². The first-order valence-electron chi connectivity index (χ1n) is 6.02. The second-order valence-corrected chi connectivity index (χ2v) is 5.87. The van der Waals surface area contributed by atoms with E-state index in [1.165, 1.54) is 5.56 Å². The van der Waals surface area contributed by atoms with Gasteiger partial charge in [-0.15, -0.1) is 0 Å². The quantitative estimate of drug-likeness (QED) is 0.847. The van der Waals surface area contributed by atoms with Gasteiger partial charge >= 0.3 is 0 Å². The lowest BCUT2D eigenvalue weighted by molar-refractivity contribution is 0.196. The van der Waals surface area contributed by atoms with Crippen molar-refractivity contribution >= 4 is 11.6 Å². The van der Waals surface area contributed by atoms with Crippen molar-refractivity contribution in [3.63, 3.8) is 0 Å². The molecule has 0 bridgehead atoms. The topological polar surface area (TPSA) is 32.3 Å². The molecule has 1 unspecified atom stereocenters. The molecule has 0 radical (unpaired) electrons. The van der Waals surface area contributed by atoms with Gasteiger partial charge in [0.05, 0.1) is 0 Å². The molecule has 2 nitrogen and oxygen atoms in total. The van der Waals surface area contributed by atoms with Gasteiger partial charge in [-0.05, 0) is 29.5 Å². The number of benzene rings is 1. The SMILES string of the molecule is CC(C)(C)C(CCO)NCc1ccc(Cl)cc1. The molecule has 96 valence electrons. The van der Waals surface area contributed by atoms with Gasteiger partial charge in [-0.25, -0.2) is 0 Å². The molecular weight excluding hydrogens is 234 g/mol. The normalized spacial score (nSPS) is 13.7. The lowest BCUT2D eigenvalue weighted by atomic mass is 9.85. The molecule has 1 rings (SSSR count). The maximum absolute atomic E-state index is 9.08. The smallest absolute Gasteiger partial charge is 0.0446 e. The van der Waals surface area contributed by atoms with Crippen molar-refractivity contribution < 1.29 is 5.11 Å². The molecule has 0 saturated heterocycles. The Hall–Kier alpha value is -0.570. The van der Waals surface area contributed by atoms with Gasteiger partial charge in [0.2, 0.25) is 0 Å². The van der Waals surface area contributed by atoms with E-state index in [1.54, 1.807) is 0 Å². The van der Waals surface area contributed by atoms with Crippen molar-refractivity contribution in [2.75, 3.05) is 6.61 Å². The van der Waals surface area contributed by atoms with Crippen molar-refractivity contribution in [3.8, 4) is 0 Å². The summed E-state index contributed by atoms with van der Waals surface area (Å²) in [6.45, 7) is 7.57. The zero-order chi connectivity index (χ0) is 12.9. The summed E-state index contributed by atoms with van der Waals surface area (Å²) in [5.41, 5.74) is 1.36. The Kier molecular flexibility index (Phi) is 5.44. The van der Waals surface area contributed by atoms with Crippen LogP contribution in [0.5, 0.6) is 0 Å². The molecular formula is C14H22ClNO. The van der Waals surface area contributed by atoms with E-state index < -0.39 is 0 Å². The third-order valence-corrected chi connectivity index (χ3v) is 3.18. The van der Waals surface area contributed by atoms with Crippen molar-refractivity contribution in [2.45, 2.75) is 39.8 Å². The van der Waals surface area contributed by atoms with E-state index in [-0.39, 0.29) is 12.0 Å². The molecule has 2 N–H and O–H groups in total. The van der Waals surface area contributed by atoms with Gasteiger partial charge in [-0.2, -0.15) is 0 Å². The molecule has 0 aromatic heterocycles. The van der Waals surface area contributed by atoms with Gasteiger partial charge in [0.25, 0.3) is 0 Å². The molecule has 0 spiro atoms. The summed E-state index contributed by atoms with van der Waals surface area (Å²) in [5.74, 6) is 0. The summed E-state index contributed by atoms with van der Waals surface area (Å²) in [5, 5.41) is 13.3. The second-order valence-electron chi connectivity index (χ2n) is 5.44. The molecule has 0 fully saturated rings. The molecule has 1 aromatic rings. The highest BCUT2D eigenvalue weighted by Crippen LogP contribution is 2.22. The average molecular weight is 256 g/mol. The number of nitrogens with one attached hydrogen (secondary N) is 1. The largest absolute Gasteiger partial charge is 0.396 e. The first-order chi connectivity index (χ1) is 7.93. The Bertz CT molecular complexity index is 329. The molecule has 0 aliphatic heterocycles. The van der Waals surface area contributed by atoms with Crippen LogP contribution in [0.15, 0.2) is 24.3 Å². The van der Waals surface area contributed by atoms with E-state index in [0.29, 0.717) is 6.04 Å². The van der Waals surface area contributed by atoms with Gasteiger partial charge in [-0.3, -0.25) is 0 Å². The van der Waals surface area contributed by atoms with Crippen molar-refractivity contribution in [1.82, 2.24) is 5.32 Å². The minimum absolute atomic E-state index is 0.148. The molecule has 1 aromatic carbocycles. The lowest BCUT2D eigenvalue weighted by Gasteiger charge is -2.31. The van der Waals surface area contributed by atoms with E-state index in [1.807, 2.05) is 24.3 Å². The van der Waals surface area contributed by atoms with Crippen molar-refractivity contribution in [2.24, 2.45) is 5.41 Å². The van der Waals surface area contributed by atoms with Crippen LogP contribution < -0.4 is 5.32 Å². The first-order valence-corrected chi connectivity index (χ1v) is 6.40. The third-order valence-electron chi connectivity index (χ3n) is 2.93. The fraction of sp³-hybridized carbons (Fsp3) is 0.571. The summed E-state index contributed by atoms with van der Waals surface area (Å²) in [4.78, 5) is 0. The van der Waals surface area contributed by atoms with Crippen molar-refractivity contribution in [3.05, 3.63) is 34.9 Å². The van der Waals surface area contributed by atoms with Crippen LogP contribution >= 0.6 is 11.6 Å². The standard InChI is InChI=1S/C14H22ClNO/c1-14(2,3)13(8-9-17)16-10-11-4-6-12(15)7-5-11/h4-7,13,16-17H,8-10H2,1-3H3. The summed E-state index contributed by atoms with van der Waals surface area (Å²) in [6.07, 6.45) is 0.775. The third kappa shape index (κ3) is 5.07. The predicted molar refractivity (Wildman–Crippen MR) is 73.2 cm³/mol. The summed E-state index contributed by atoms with van der Waals surface area (Å²) < 4.78 is 0. The number of hydrogen-bond donors (Lipinski definition) is 2. The Balaban J connectivity index is 2.54. The highest BCUT2D eigenvalue weighted by molar-refractivity contribution is 6.30. The Morgan fingerprint density at radius 2 is 1.82 bits per heavy atom. The van der Waals surface area contributed by atoms with Crippen LogP contribution in [-0.4, -0.2) is 17.8 Å². The van der Waals surface area contributed by atoms with E-state index in [4.69, 9.17) is 16.7 Å². The highest BCUT2D eigenvalue weighted by atomic mass is 35.5. The molecule has 1 atom stereocenters. The molecule has 0 amide bonds. The fourth-order valence-electron chi connectivity index (χ4n) is 1.81. The van der Waals surface area contributed by atoms with Crippen LogP contribution in [0.1, 0.15) is 32.8 Å². The minimum Gasteiger partial charge on any atom is -0.396 e. The van der Waals surface area contributed by atoms with Crippen molar-refractivity contribution in [1.29, 1.82) is 0 Å². The van der Waals surface area contributed by atoms with Crippen LogP contribution in [0, 0.1) is 5.41 Å². The van der Waals surface area contributed by atoms with E-state index >= 15 is 0 Å². The summed E-state index contributed by atoms with van der Waals surface area (Å²) in [6, 6.07) is 8.15. The van der Waals surface area contributed by atoms with Crippen LogP contribution in [0.25, 0.3) is 0 Å². The Labute approximate surface area is 109 Å². The zero-order valence-electron chi connectivity index (χ0n) is 10.8. The number of hydrogen-bond acceptors (Lipinski definition) is 2. The van der Waals surface area contributed by atoms with Gasteiger partial charge in [-0.1, -0.05) is 44.5 Å². The van der Waals surface area contributed by atoms with Gasteiger partial charge < -0.3 is 10.4 Å². The lowest BCUT2D eigenvalue weighted by Crippen LogP contribution is -2.40. The Morgan fingerprint density at radius 3 is 2.29 bits per heavy atom. The van der Waals surface area contributed by atoms with Crippen LogP contribution in [0.2, 0.25) is 5.02 Å². The number of aliphatic hydroxyl groups excluding tert-OH is 1. The van der Waals surface area contributed by atoms with Crippen LogP contribution in [-0.2, 0) is 6.54 Å². The maximum atomic E-state index is 9.08. The predicted octanol–water partition coefficient (Wildman–Crippen LogP) is 3.23. The van der Waals surface area contributed by atoms with E-state index in [0.717, 1.165) is 18.0 Å². The number of aliphatic hydroxyl groups is 1. The minimum atomic E-state index is 0.148. The maximum Gasteiger partial charge on any atom is 0.0446 e. The zero-order valence-corrected chi connectivity index (χ0v) is 11.6. The van der Waals surface area contributed by atoms with Gasteiger partial charge in [0, 0.05) is 24.2 Å². The summed E-state index contributed by atoms with van der Waals surface area (Å²) in [7, 11) is 0. The van der Waals surface area contributed by atoms with E-state index in [9.17, 15) is 0 Å². The fourth-order valence-corrected chi connectivity index (χ4v) is 1.94. The molecule has 0 aliphatic rings. The first kappa shape index (κ1) is 14.5. The molecule has 0 heterocycles. The average Bonchev–Trinajstić information content (AvgIpc) is 2.25. The van der Waals surface area contributed by atoms with E-state index in [2.05, 4.69) is 26.1 Å². The molecule has 3 heteroatoms. The van der Waals surface area contributed by atoms with Gasteiger partial charge in [0.15, 0.2) is 0 Å².